The zero-order valence-electron chi connectivity index (χ0n) is 17.9. The number of rotatable bonds is 2. The van der Waals surface area contributed by atoms with E-state index in [1.165, 1.54) is 66.8 Å². The van der Waals surface area contributed by atoms with Crippen molar-refractivity contribution in [2.24, 2.45) is 0 Å². The summed E-state index contributed by atoms with van der Waals surface area (Å²) in [6.45, 7) is 11.5. The molecule has 2 aliphatic carbocycles. The minimum Gasteiger partial charge on any atom is -0.0619 e. The molecule has 5 rings (SSSR count). The molecule has 0 aliphatic heterocycles. The van der Waals surface area contributed by atoms with Crippen LogP contribution in [-0.4, -0.2) is 0 Å². The fraction of sp³-hybridized carbons (Fsp3) is 0.207. The van der Waals surface area contributed by atoms with Gasteiger partial charge in [0.15, 0.2) is 0 Å². The van der Waals surface area contributed by atoms with Crippen molar-refractivity contribution in [3.8, 4) is 0 Å². The van der Waals surface area contributed by atoms with Gasteiger partial charge in [0, 0.05) is 11.8 Å². The molecule has 1 radical (unpaired) electrons. The predicted octanol–water partition coefficient (Wildman–Crippen LogP) is 8.02. The molecule has 0 bridgehead atoms. The average Bonchev–Trinajstić information content (AvgIpc) is 3.13. The number of hydrogen-bond acceptors (Lipinski definition) is 0. The lowest BCUT2D eigenvalue weighted by molar-refractivity contribution is 0.851. The summed E-state index contributed by atoms with van der Waals surface area (Å²) in [7, 11) is 0. The molecule has 143 valence electrons. The molecule has 0 nitrogen and oxygen atoms in total. The van der Waals surface area contributed by atoms with Gasteiger partial charge in [-0.05, 0) is 78.8 Å². The number of hydrogen-bond donors (Lipinski definition) is 0. The first-order valence-electron chi connectivity index (χ1n) is 10.5. The van der Waals surface area contributed by atoms with Crippen LogP contribution in [0.3, 0.4) is 0 Å². The zero-order valence-corrected chi connectivity index (χ0v) is 17.9. The van der Waals surface area contributed by atoms with Crippen LogP contribution >= 0.6 is 0 Å². The van der Waals surface area contributed by atoms with Gasteiger partial charge < -0.3 is 0 Å². The van der Waals surface area contributed by atoms with Crippen molar-refractivity contribution in [3.05, 3.63) is 117 Å². The van der Waals surface area contributed by atoms with Crippen LogP contribution in [0.15, 0.2) is 94.6 Å². The highest BCUT2D eigenvalue weighted by Gasteiger charge is 2.40. The summed E-state index contributed by atoms with van der Waals surface area (Å²) >= 11 is 0. The van der Waals surface area contributed by atoms with Crippen molar-refractivity contribution in [2.75, 3.05) is 0 Å². The molecule has 0 aromatic heterocycles. The Balaban J connectivity index is 1.79. The van der Waals surface area contributed by atoms with Crippen LogP contribution in [0.25, 0.3) is 16.3 Å². The molecule has 3 aromatic rings. The van der Waals surface area contributed by atoms with Crippen LogP contribution in [0.5, 0.6) is 0 Å². The van der Waals surface area contributed by atoms with Gasteiger partial charge in [-0.15, -0.1) is 0 Å². The lowest BCUT2D eigenvalue weighted by Gasteiger charge is -2.25. The van der Waals surface area contributed by atoms with E-state index < -0.39 is 0 Å². The largest absolute Gasteiger partial charge is 0.0619 e. The Bertz CT molecular complexity index is 1220. The third-order valence-electron chi connectivity index (χ3n) is 7.21. The first-order valence-corrected chi connectivity index (χ1v) is 10.5. The van der Waals surface area contributed by atoms with Crippen LogP contribution in [0.2, 0.25) is 0 Å². The third kappa shape index (κ3) is 2.52. The molecule has 0 heteroatoms. The van der Waals surface area contributed by atoms with Crippen molar-refractivity contribution in [1.82, 2.24) is 0 Å². The van der Waals surface area contributed by atoms with E-state index in [4.69, 9.17) is 0 Å². The molecular weight excluding hydrogens is 348 g/mol. The van der Waals surface area contributed by atoms with E-state index >= 15 is 0 Å². The maximum Gasteiger partial charge on any atom is 0.0373 e. The fourth-order valence-corrected chi connectivity index (χ4v) is 5.42. The summed E-state index contributed by atoms with van der Waals surface area (Å²) < 4.78 is 0. The Morgan fingerprint density at radius 2 is 1.14 bits per heavy atom. The maximum atomic E-state index is 2.35. The SMILES string of the molecule is CC1=C(C)C(C)=C(C)[C]1C1C(C)=C(c2cccc3ccccc23)c2ccccc21. The molecule has 3 aromatic carbocycles. The number of fused-ring (bicyclic) bond motifs is 2. The van der Waals surface area contributed by atoms with Crippen LogP contribution in [0.1, 0.15) is 57.2 Å². The first kappa shape index (κ1) is 18.2. The second kappa shape index (κ2) is 6.59. The van der Waals surface area contributed by atoms with Gasteiger partial charge in [0.05, 0.1) is 0 Å². The van der Waals surface area contributed by atoms with E-state index in [0.29, 0.717) is 5.92 Å². The molecule has 1 atom stereocenters. The molecule has 0 saturated carbocycles. The average molecular weight is 376 g/mol. The van der Waals surface area contributed by atoms with Crippen molar-refractivity contribution in [1.29, 1.82) is 0 Å². The standard InChI is InChI=1S/C29H27/c1-17-18(2)20(4)27(19(17)3)29-21(5)28(25-14-8-9-15-26(25)29)24-16-10-12-22-11-6-7-13-23(22)24/h6-16,29H,1-5H3. The van der Waals surface area contributed by atoms with Gasteiger partial charge >= 0.3 is 0 Å². The molecule has 29 heavy (non-hydrogen) atoms. The topological polar surface area (TPSA) is 0 Å². The molecule has 0 spiro atoms. The minimum absolute atomic E-state index is 0.340. The van der Waals surface area contributed by atoms with E-state index in [2.05, 4.69) is 101 Å². The molecule has 2 aliphatic rings. The Labute approximate surface area is 174 Å². The smallest absolute Gasteiger partial charge is 0.0373 e. The fourth-order valence-electron chi connectivity index (χ4n) is 5.42. The summed E-state index contributed by atoms with van der Waals surface area (Å²) in [5, 5.41) is 2.64. The van der Waals surface area contributed by atoms with Gasteiger partial charge in [0.25, 0.3) is 0 Å². The number of allylic oxidation sites excluding steroid dienone is 5. The molecule has 0 heterocycles. The maximum absolute atomic E-state index is 2.35. The minimum atomic E-state index is 0.340. The molecule has 0 saturated heterocycles. The van der Waals surface area contributed by atoms with Crippen molar-refractivity contribution in [2.45, 2.75) is 40.5 Å². The Morgan fingerprint density at radius 3 is 1.90 bits per heavy atom. The van der Waals surface area contributed by atoms with Crippen molar-refractivity contribution < 1.29 is 0 Å². The normalized spacial score (nSPS) is 19.7. The van der Waals surface area contributed by atoms with Gasteiger partial charge in [-0.3, -0.25) is 0 Å². The van der Waals surface area contributed by atoms with Crippen molar-refractivity contribution in [3.63, 3.8) is 0 Å². The lowest BCUT2D eigenvalue weighted by atomic mass is 9.77. The van der Waals surface area contributed by atoms with E-state index in [9.17, 15) is 0 Å². The second-order valence-corrected chi connectivity index (χ2v) is 8.52. The Morgan fingerprint density at radius 1 is 0.552 bits per heavy atom. The van der Waals surface area contributed by atoms with Gasteiger partial charge in [0.1, 0.15) is 0 Å². The highest BCUT2D eigenvalue weighted by atomic mass is 14.4. The van der Waals surface area contributed by atoms with Crippen LogP contribution in [0.4, 0.5) is 0 Å². The van der Waals surface area contributed by atoms with E-state index in [1.54, 1.807) is 0 Å². The predicted molar refractivity (Wildman–Crippen MR) is 125 cm³/mol. The first-order chi connectivity index (χ1) is 14.0. The summed E-state index contributed by atoms with van der Waals surface area (Å²) in [4.78, 5) is 0. The monoisotopic (exact) mass is 375 g/mol. The van der Waals surface area contributed by atoms with E-state index in [1.807, 2.05) is 0 Å². The Hall–Kier alpha value is -2.86. The van der Waals surface area contributed by atoms with E-state index in [0.717, 1.165) is 0 Å². The number of benzene rings is 3. The summed E-state index contributed by atoms with van der Waals surface area (Å²) in [5.74, 6) is 1.85. The molecular formula is C29H27. The van der Waals surface area contributed by atoms with Crippen molar-refractivity contribution >= 4 is 16.3 Å². The van der Waals surface area contributed by atoms with Gasteiger partial charge in [0.2, 0.25) is 0 Å². The second-order valence-electron chi connectivity index (χ2n) is 8.52. The quantitative estimate of drug-likeness (QED) is 0.425. The van der Waals surface area contributed by atoms with Gasteiger partial charge in [-0.25, -0.2) is 0 Å². The van der Waals surface area contributed by atoms with Gasteiger partial charge in [-0.2, -0.15) is 0 Å². The summed E-state index contributed by atoms with van der Waals surface area (Å²) in [6.07, 6.45) is 0. The third-order valence-corrected chi connectivity index (χ3v) is 7.21. The lowest BCUT2D eigenvalue weighted by Crippen LogP contribution is -2.11. The summed E-state index contributed by atoms with van der Waals surface area (Å²) in [5.41, 5.74) is 12.9. The van der Waals surface area contributed by atoms with E-state index in [-0.39, 0.29) is 0 Å². The highest BCUT2D eigenvalue weighted by Crippen LogP contribution is 2.56. The molecule has 0 fully saturated rings. The van der Waals surface area contributed by atoms with Crippen LogP contribution in [0, 0.1) is 5.92 Å². The van der Waals surface area contributed by atoms with Crippen LogP contribution in [-0.2, 0) is 0 Å². The summed E-state index contributed by atoms with van der Waals surface area (Å²) in [6, 6.07) is 24.5. The molecule has 0 N–H and O–H groups in total. The molecule has 0 amide bonds. The zero-order chi connectivity index (χ0) is 20.3. The van der Waals surface area contributed by atoms with Gasteiger partial charge in [-0.1, -0.05) is 83.4 Å². The Kier molecular flexibility index (Phi) is 4.13. The highest BCUT2D eigenvalue weighted by molar-refractivity contribution is 6.01. The van der Waals surface area contributed by atoms with Crippen LogP contribution < -0.4 is 0 Å². The molecule has 1 unspecified atom stereocenters.